The zero-order valence-corrected chi connectivity index (χ0v) is 12.2. The Balaban J connectivity index is 1.64. The number of piperidine rings is 1. The molecule has 0 amide bonds. The van der Waals surface area contributed by atoms with Crippen molar-refractivity contribution in [2.45, 2.75) is 32.1 Å². The Hall–Kier alpha value is -0.940. The minimum absolute atomic E-state index is 0.303. The third kappa shape index (κ3) is 4.87. The number of aliphatic hydroxyl groups excluding tert-OH is 1. The summed E-state index contributed by atoms with van der Waals surface area (Å²) in [6, 6.07) is 10.3. The lowest BCUT2D eigenvalue weighted by Crippen LogP contribution is -2.48. The number of benzene rings is 1. The van der Waals surface area contributed by atoms with Crippen molar-refractivity contribution in [3.8, 4) is 0 Å². The molecule has 3 unspecified atom stereocenters. The van der Waals surface area contributed by atoms with E-state index in [9.17, 15) is 5.11 Å². The summed E-state index contributed by atoms with van der Waals surface area (Å²) < 4.78 is 5.57. The fourth-order valence-electron chi connectivity index (χ4n) is 2.65. The van der Waals surface area contributed by atoms with Crippen LogP contribution in [0.25, 0.3) is 0 Å². The predicted octanol–water partition coefficient (Wildman–Crippen LogP) is 1.23. The molecule has 1 aliphatic rings. The fourth-order valence-corrected chi connectivity index (χ4v) is 2.65. The summed E-state index contributed by atoms with van der Waals surface area (Å²) in [5, 5.41) is 10.0. The number of hydrogen-bond donors (Lipinski definition) is 2. The van der Waals surface area contributed by atoms with Crippen LogP contribution in [-0.2, 0) is 11.3 Å². The van der Waals surface area contributed by atoms with Crippen LogP contribution in [0.15, 0.2) is 30.3 Å². The van der Waals surface area contributed by atoms with Crippen LogP contribution in [-0.4, -0.2) is 48.4 Å². The second kappa shape index (κ2) is 7.74. The van der Waals surface area contributed by atoms with Gasteiger partial charge in [0.2, 0.25) is 0 Å². The van der Waals surface area contributed by atoms with Gasteiger partial charge in [-0.25, -0.2) is 0 Å². The third-order valence-electron chi connectivity index (χ3n) is 3.95. The first-order chi connectivity index (χ1) is 9.65. The van der Waals surface area contributed by atoms with E-state index in [0.717, 1.165) is 25.1 Å². The summed E-state index contributed by atoms with van der Waals surface area (Å²) >= 11 is 0. The minimum atomic E-state index is -0.430. The van der Waals surface area contributed by atoms with E-state index in [4.69, 9.17) is 10.5 Å². The molecule has 1 aliphatic heterocycles. The van der Waals surface area contributed by atoms with E-state index in [0.29, 0.717) is 31.7 Å². The van der Waals surface area contributed by atoms with Crippen molar-refractivity contribution in [3.05, 3.63) is 35.9 Å². The van der Waals surface area contributed by atoms with Gasteiger partial charge in [-0.2, -0.15) is 0 Å². The Bertz CT molecular complexity index is 385. The van der Waals surface area contributed by atoms with Crippen molar-refractivity contribution in [3.63, 3.8) is 0 Å². The molecule has 0 spiro atoms. The number of nitrogens with two attached hydrogens (primary N) is 1. The molecule has 112 valence electrons. The molecule has 0 radical (unpaired) electrons. The normalized spacial score (nSPS) is 25.6. The standard InChI is InChI=1S/C16H26N2O2/c1-13-9-18(8-7-16(13)17)10-15(19)12-20-11-14-5-3-2-4-6-14/h2-6,13,15-16,19H,7-12,17H2,1H3. The summed E-state index contributed by atoms with van der Waals surface area (Å²) in [6.45, 7) is 5.73. The first-order valence-corrected chi connectivity index (χ1v) is 7.43. The molecule has 1 aromatic carbocycles. The van der Waals surface area contributed by atoms with Gasteiger partial charge in [0.1, 0.15) is 0 Å². The van der Waals surface area contributed by atoms with Crippen LogP contribution in [0.4, 0.5) is 0 Å². The van der Waals surface area contributed by atoms with Gasteiger partial charge in [0.15, 0.2) is 0 Å². The van der Waals surface area contributed by atoms with E-state index in [-0.39, 0.29) is 0 Å². The zero-order valence-electron chi connectivity index (χ0n) is 12.2. The minimum Gasteiger partial charge on any atom is -0.389 e. The molecule has 1 aromatic rings. The maximum atomic E-state index is 10.0. The maximum Gasteiger partial charge on any atom is 0.0900 e. The second-order valence-electron chi connectivity index (χ2n) is 5.84. The average Bonchev–Trinajstić information content (AvgIpc) is 2.44. The quantitative estimate of drug-likeness (QED) is 0.822. The molecule has 0 aliphatic carbocycles. The summed E-state index contributed by atoms with van der Waals surface area (Å²) in [5.74, 6) is 0.501. The van der Waals surface area contributed by atoms with Gasteiger partial charge in [-0.15, -0.1) is 0 Å². The van der Waals surface area contributed by atoms with E-state index in [2.05, 4.69) is 11.8 Å². The van der Waals surface area contributed by atoms with Crippen molar-refractivity contribution < 1.29 is 9.84 Å². The molecule has 3 N–H and O–H groups in total. The zero-order chi connectivity index (χ0) is 14.4. The lowest BCUT2D eigenvalue weighted by Gasteiger charge is -2.36. The van der Waals surface area contributed by atoms with E-state index in [1.54, 1.807) is 0 Å². The Kier molecular flexibility index (Phi) is 5.98. The molecule has 3 atom stereocenters. The number of rotatable bonds is 6. The Morgan fingerprint density at radius 3 is 2.85 bits per heavy atom. The molecule has 4 nitrogen and oxygen atoms in total. The van der Waals surface area contributed by atoms with Gasteiger partial charge < -0.3 is 20.5 Å². The van der Waals surface area contributed by atoms with Crippen LogP contribution in [0.1, 0.15) is 18.9 Å². The Morgan fingerprint density at radius 1 is 1.40 bits per heavy atom. The smallest absolute Gasteiger partial charge is 0.0900 e. The van der Waals surface area contributed by atoms with Crippen LogP contribution in [0.5, 0.6) is 0 Å². The van der Waals surface area contributed by atoms with Gasteiger partial charge in [-0.1, -0.05) is 37.3 Å². The van der Waals surface area contributed by atoms with Gasteiger partial charge in [0.25, 0.3) is 0 Å². The van der Waals surface area contributed by atoms with E-state index >= 15 is 0 Å². The number of likely N-dealkylation sites (tertiary alicyclic amines) is 1. The number of hydrogen-bond acceptors (Lipinski definition) is 4. The summed E-state index contributed by atoms with van der Waals surface area (Å²) in [6.07, 6.45) is 0.582. The molecule has 2 rings (SSSR count). The van der Waals surface area contributed by atoms with Crippen LogP contribution < -0.4 is 5.73 Å². The molecule has 1 saturated heterocycles. The van der Waals surface area contributed by atoms with Gasteiger partial charge in [-0.05, 0) is 24.4 Å². The molecule has 0 bridgehead atoms. The first-order valence-electron chi connectivity index (χ1n) is 7.43. The van der Waals surface area contributed by atoms with Crippen LogP contribution in [0.3, 0.4) is 0 Å². The monoisotopic (exact) mass is 278 g/mol. The van der Waals surface area contributed by atoms with Crippen molar-refractivity contribution in [2.24, 2.45) is 11.7 Å². The number of nitrogens with zero attached hydrogens (tertiary/aromatic N) is 1. The number of aliphatic hydroxyl groups is 1. The van der Waals surface area contributed by atoms with Gasteiger partial charge >= 0.3 is 0 Å². The van der Waals surface area contributed by atoms with Crippen LogP contribution in [0.2, 0.25) is 0 Å². The average molecular weight is 278 g/mol. The van der Waals surface area contributed by atoms with E-state index < -0.39 is 6.10 Å². The molecule has 1 heterocycles. The molecular formula is C16H26N2O2. The lowest BCUT2D eigenvalue weighted by molar-refractivity contribution is 0.00235. The molecule has 1 fully saturated rings. The third-order valence-corrected chi connectivity index (χ3v) is 3.95. The SMILES string of the molecule is CC1CN(CC(O)COCc2ccccc2)CCC1N. The summed E-state index contributed by atoms with van der Waals surface area (Å²) in [4.78, 5) is 2.28. The predicted molar refractivity (Wildman–Crippen MR) is 80.3 cm³/mol. The highest BCUT2D eigenvalue weighted by atomic mass is 16.5. The highest BCUT2D eigenvalue weighted by molar-refractivity contribution is 5.13. The highest BCUT2D eigenvalue weighted by Crippen LogP contribution is 2.15. The van der Waals surface area contributed by atoms with E-state index in [1.807, 2.05) is 30.3 Å². The molecule has 20 heavy (non-hydrogen) atoms. The molecule has 0 aromatic heterocycles. The van der Waals surface area contributed by atoms with Crippen LogP contribution in [0, 0.1) is 5.92 Å². The van der Waals surface area contributed by atoms with E-state index in [1.165, 1.54) is 0 Å². The molecule has 4 heteroatoms. The highest BCUT2D eigenvalue weighted by Gasteiger charge is 2.24. The Morgan fingerprint density at radius 2 is 2.15 bits per heavy atom. The second-order valence-corrected chi connectivity index (χ2v) is 5.84. The van der Waals surface area contributed by atoms with Gasteiger partial charge in [-0.3, -0.25) is 0 Å². The fraction of sp³-hybridized carbons (Fsp3) is 0.625. The van der Waals surface area contributed by atoms with Gasteiger partial charge in [0.05, 0.1) is 19.3 Å². The van der Waals surface area contributed by atoms with Crippen molar-refractivity contribution in [1.29, 1.82) is 0 Å². The topological polar surface area (TPSA) is 58.7 Å². The number of ether oxygens (including phenoxy) is 1. The number of β-amino-alcohol motifs (C(OH)–C–C–N with tert-alkyl or cyclic N) is 1. The summed E-state index contributed by atoms with van der Waals surface area (Å²) in [7, 11) is 0. The first kappa shape index (κ1) is 15.4. The summed E-state index contributed by atoms with van der Waals surface area (Å²) in [5.41, 5.74) is 7.14. The van der Waals surface area contributed by atoms with Gasteiger partial charge in [0, 0.05) is 19.1 Å². The van der Waals surface area contributed by atoms with Crippen LogP contribution >= 0.6 is 0 Å². The van der Waals surface area contributed by atoms with Crippen molar-refractivity contribution >= 4 is 0 Å². The van der Waals surface area contributed by atoms with Crippen molar-refractivity contribution in [1.82, 2.24) is 4.90 Å². The molecule has 0 saturated carbocycles. The largest absolute Gasteiger partial charge is 0.389 e. The maximum absolute atomic E-state index is 10.0. The molecular weight excluding hydrogens is 252 g/mol. The Labute approximate surface area is 121 Å². The lowest BCUT2D eigenvalue weighted by atomic mass is 9.95. The van der Waals surface area contributed by atoms with Crippen molar-refractivity contribution in [2.75, 3.05) is 26.2 Å².